The van der Waals surface area contributed by atoms with Crippen LogP contribution in [0, 0.1) is 18.7 Å². The van der Waals surface area contributed by atoms with E-state index in [4.69, 9.17) is 10.5 Å². The van der Waals surface area contributed by atoms with Crippen molar-refractivity contribution in [2.24, 2.45) is 11.7 Å². The molecule has 2 fully saturated rings. The number of nitrogens with zero attached hydrogens (tertiary/aromatic N) is 1. The summed E-state index contributed by atoms with van der Waals surface area (Å²) in [6, 6.07) is 3.26. The second-order valence-electron chi connectivity index (χ2n) is 7.98. The fraction of sp³-hybridized carbons (Fsp3) is 0.650. The average molecular weight is 417 g/mol. The molecule has 0 spiro atoms. The summed E-state index contributed by atoms with van der Waals surface area (Å²) in [6.07, 6.45) is -2.24. The van der Waals surface area contributed by atoms with Gasteiger partial charge in [0.25, 0.3) is 0 Å². The molecular weight excluding hydrogens is 390 g/mol. The van der Waals surface area contributed by atoms with Crippen molar-refractivity contribution in [1.29, 1.82) is 0 Å². The van der Waals surface area contributed by atoms with Crippen molar-refractivity contribution in [3.8, 4) is 0 Å². The number of rotatable bonds is 4. The highest BCUT2D eigenvalue weighted by molar-refractivity contribution is 5.65. The molecule has 2 aliphatic rings. The normalized spacial score (nSPS) is 23.7. The lowest BCUT2D eigenvalue weighted by Gasteiger charge is -2.35. The molecule has 0 aromatic heterocycles. The van der Waals surface area contributed by atoms with E-state index in [9.17, 15) is 22.4 Å². The van der Waals surface area contributed by atoms with Crippen molar-refractivity contribution in [2.45, 2.75) is 63.8 Å². The maximum atomic E-state index is 14.7. The lowest BCUT2D eigenvalue weighted by Crippen LogP contribution is -2.39. The third-order valence-electron chi connectivity index (χ3n) is 5.91. The van der Waals surface area contributed by atoms with Gasteiger partial charge in [-0.2, -0.15) is 13.2 Å². The number of carbonyl (C=O) groups is 1. The monoisotopic (exact) mass is 417 g/mol. The molecule has 1 aliphatic heterocycles. The number of halogens is 4. The van der Waals surface area contributed by atoms with Gasteiger partial charge in [0.2, 0.25) is 0 Å². The van der Waals surface area contributed by atoms with Crippen LogP contribution in [0.3, 0.4) is 0 Å². The number of alkyl halides is 3. The zero-order valence-corrected chi connectivity index (χ0v) is 16.4. The quantitative estimate of drug-likeness (QED) is 0.695. The average Bonchev–Trinajstić information content (AvgIpc) is 2.65. The van der Waals surface area contributed by atoms with Gasteiger partial charge in [-0.05, 0) is 63.1 Å². The van der Waals surface area contributed by atoms with E-state index >= 15 is 0 Å². The number of benzene rings is 1. The molecule has 3 rings (SSSR count). The van der Waals surface area contributed by atoms with E-state index in [2.05, 4.69) is 5.32 Å². The number of ether oxygens (including phenoxy) is 1. The molecule has 9 heteroatoms. The summed E-state index contributed by atoms with van der Waals surface area (Å²) < 4.78 is 58.3. The fourth-order valence-electron chi connectivity index (χ4n) is 4.22. The van der Waals surface area contributed by atoms with Gasteiger partial charge in [-0.1, -0.05) is 0 Å². The second kappa shape index (κ2) is 8.67. The minimum absolute atomic E-state index is 0.0153. The van der Waals surface area contributed by atoms with Gasteiger partial charge in [0, 0.05) is 24.8 Å². The molecule has 1 aromatic rings. The Morgan fingerprint density at radius 1 is 1.14 bits per heavy atom. The third kappa shape index (κ3) is 5.45. The molecule has 29 heavy (non-hydrogen) atoms. The van der Waals surface area contributed by atoms with E-state index in [0.29, 0.717) is 24.2 Å². The van der Waals surface area contributed by atoms with E-state index < -0.39 is 24.0 Å². The lowest BCUT2D eigenvalue weighted by molar-refractivity contribution is -0.179. The van der Waals surface area contributed by atoms with E-state index in [0.717, 1.165) is 18.4 Å². The van der Waals surface area contributed by atoms with Crippen molar-refractivity contribution in [3.63, 3.8) is 0 Å². The first-order valence-corrected chi connectivity index (χ1v) is 9.98. The number of amides is 1. The van der Waals surface area contributed by atoms with Gasteiger partial charge >= 0.3 is 12.3 Å². The van der Waals surface area contributed by atoms with Crippen molar-refractivity contribution < 1.29 is 27.1 Å². The van der Waals surface area contributed by atoms with E-state index in [1.54, 1.807) is 11.0 Å². The molecule has 0 atom stereocenters. The van der Waals surface area contributed by atoms with Crippen LogP contribution in [0.2, 0.25) is 0 Å². The Morgan fingerprint density at radius 2 is 1.76 bits per heavy atom. The summed E-state index contributed by atoms with van der Waals surface area (Å²) >= 11 is 0. The highest BCUT2D eigenvalue weighted by atomic mass is 19.4. The van der Waals surface area contributed by atoms with Gasteiger partial charge in [-0.3, -0.25) is 0 Å². The summed E-state index contributed by atoms with van der Waals surface area (Å²) in [5, 5.41) is 3.34. The number of hydrogen-bond acceptors (Lipinski definition) is 4. The second-order valence-corrected chi connectivity index (χ2v) is 7.98. The summed E-state index contributed by atoms with van der Waals surface area (Å²) in [6.45, 7) is 2.24. The summed E-state index contributed by atoms with van der Waals surface area (Å²) in [5.41, 5.74) is 6.92. The third-order valence-corrected chi connectivity index (χ3v) is 5.91. The first-order chi connectivity index (χ1) is 13.6. The zero-order chi connectivity index (χ0) is 21.2. The van der Waals surface area contributed by atoms with Crippen molar-refractivity contribution in [1.82, 2.24) is 0 Å². The van der Waals surface area contributed by atoms with Crippen LogP contribution in [-0.4, -0.2) is 37.5 Å². The molecular formula is C20H27F4N3O2. The molecule has 1 amide bonds. The van der Waals surface area contributed by atoms with Crippen LogP contribution in [0.1, 0.15) is 44.1 Å². The summed E-state index contributed by atoms with van der Waals surface area (Å²) in [5.74, 6) is -1.74. The predicted molar refractivity (Wildman–Crippen MR) is 102 cm³/mol. The number of nitrogens with two attached hydrogens (primary N) is 1. The number of primary amides is 1. The number of aryl methyl sites for hydroxylation is 1. The highest BCUT2D eigenvalue weighted by Crippen LogP contribution is 2.37. The molecule has 1 saturated heterocycles. The van der Waals surface area contributed by atoms with Crippen LogP contribution in [0.5, 0.6) is 0 Å². The number of hydrogen-bond donors (Lipinski definition) is 2. The minimum atomic E-state index is -4.18. The first kappa shape index (κ1) is 21.5. The molecule has 1 heterocycles. The number of anilines is 2. The number of carbonyl (C=O) groups excluding carboxylic acids is 1. The van der Waals surface area contributed by atoms with Crippen LogP contribution in [0.15, 0.2) is 12.1 Å². The Balaban J connectivity index is 1.60. The van der Waals surface area contributed by atoms with Gasteiger partial charge in [-0.25, -0.2) is 9.18 Å². The predicted octanol–water partition coefficient (Wildman–Crippen LogP) is 4.73. The Bertz CT molecular complexity index is 725. The first-order valence-electron chi connectivity index (χ1n) is 9.98. The van der Waals surface area contributed by atoms with Crippen LogP contribution < -0.4 is 16.0 Å². The Labute approximate surface area is 167 Å². The molecule has 162 valence electrons. The molecule has 0 bridgehead atoms. The van der Waals surface area contributed by atoms with Gasteiger partial charge in [0.15, 0.2) is 0 Å². The molecule has 1 saturated carbocycles. The van der Waals surface area contributed by atoms with E-state index in [-0.39, 0.29) is 38.1 Å². The molecule has 0 unspecified atom stereocenters. The largest absolute Gasteiger partial charge is 0.446 e. The molecule has 0 radical (unpaired) electrons. The smallest absolute Gasteiger partial charge is 0.404 e. The lowest BCUT2D eigenvalue weighted by atomic mass is 9.92. The topological polar surface area (TPSA) is 67.6 Å². The van der Waals surface area contributed by atoms with Crippen molar-refractivity contribution in [2.75, 3.05) is 23.3 Å². The molecule has 1 aliphatic carbocycles. The SMILES string of the molecule is Cc1cc(N2CCC(C(F)(F)F)CC2)c(F)cc1NC1CCC(OC(N)=O)CC1. The van der Waals surface area contributed by atoms with E-state index in [1.807, 2.05) is 6.92 Å². The summed E-state index contributed by atoms with van der Waals surface area (Å²) in [4.78, 5) is 12.5. The molecule has 3 N–H and O–H groups in total. The Kier molecular flexibility index (Phi) is 6.43. The molecule has 5 nitrogen and oxygen atoms in total. The van der Waals surface area contributed by atoms with Gasteiger partial charge in [0.05, 0.1) is 11.6 Å². The fourth-order valence-corrected chi connectivity index (χ4v) is 4.22. The standard InChI is InChI=1S/C20H27F4N3O2/c1-12-10-18(27-8-6-13(7-9-27)20(22,23)24)16(21)11-17(12)26-14-2-4-15(5-3-14)29-19(25)28/h10-11,13-15,26H,2-9H2,1H3,(H2,25,28). The molecule has 1 aromatic carbocycles. The van der Waals surface area contributed by atoms with Crippen molar-refractivity contribution in [3.05, 3.63) is 23.5 Å². The van der Waals surface area contributed by atoms with Crippen LogP contribution in [0.25, 0.3) is 0 Å². The van der Waals surface area contributed by atoms with Gasteiger partial charge in [-0.15, -0.1) is 0 Å². The summed E-state index contributed by atoms with van der Waals surface area (Å²) in [7, 11) is 0. The highest BCUT2D eigenvalue weighted by Gasteiger charge is 2.41. The maximum absolute atomic E-state index is 14.7. The Morgan fingerprint density at radius 3 is 2.31 bits per heavy atom. The van der Waals surface area contributed by atoms with E-state index in [1.165, 1.54) is 6.07 Å². The zero-order valence-electron chi connectivity index (χ0n) is 16.4. The van der Waals surface area contributed by atoms with Gasteiger partial charge < -0.3 is 20.7 Å². The van der Waals surface area contributed by atoms with Crippen LogP contribution >= 0.6 is 0 Å². The number of nitrogens with one attached hydrogen (secondary N) is 1. The van der Waals surface area contributed by atoms with Crippen LogP contribution in [-0.2, 0) is 4.74 Å². The van der Waals surface area contributed by atoms with Crippen molar-refractivity contribution >= 4 is 17.5 Å². The number of piperidine rings is 1. The maximum Gasteiger partial charge on any atom is 0.404 e. The van der Waals surface area contributed by atoms with Crippen LogP contribution in [0.4, 0.5) is 33.7 Å². The minimum Gasteiger partial charge on any atom is -0.446 e. The Hall–Kier alpha value is -2.19. The van der Waals surface area contributed by atoms with Gasteiger partial charge in [0.1, 0.15) is 11.9 Å².